The van der Waals surface area contributed by atoms with Crippen LogP contribution in [0.3, 0.4) is 0 Å². The molecule has 1 saturated heterocycles. The number of carbonyl (C=O) groups excluding carboxylic acids is 2. The Bertz CT molecular complexity index is 564. The van der Waals surface area contributed by atoms with Crippen LogP contribution in [0.15, 0.2) is 24.3 Å². The van der Waals surface area contributed by atoms with E-state index in [1.54, 1.807) is 24.3 Å². The number of benzene rings is 1. The molecular weight excluding hydrogens is 320 g/mol. The van der Waals surface area contributed by atoms with Gasteiger partial charge in [-0.15, -0.1) is 0 Å². The topological polar surface area (TPSA) is 61.8 Å². The van der Waals surface area contributed by atoms with E-state index in [-0.39, 0.29) is 24.6 Å². The highest BCUT2D eigenvalue weighted by atomic mass is 16.6. The molecule has 1 fully saturated rings. The van der Waals surface area contributed by atoms with Gasteiger partial charge in [0.15, 0.2) is 0 Å². The summed E-state index contributed by atoms with van der Waals surface area (Å²) < 4.78 is 16.2. The fraction of sp³-hybridized carbons (Fsp3) is 0.600. The van der Waals surface area contributed by atoms with Crippen molar-refractivity contribution in [1.82, 2.24) is 0 Å². The Kier molecular flexibility index (Phi) is 7.29. The maximum absolute atomic E-state index is 12.1. The Morgan fingerprint density at radius 2 is 2.00 bits per heavy atom. The highest BCUT2D eigenvalue weighted by Gasteiger charge is 2.34. The third kappa shape index (κ3) is 6.07. The first kappa shape index (κ1) is 19.3. The molecule has 0 aromatic heterocycles. The molecule has 0 aliphatic carbocycles. The molecule has 138 valence electrons. The lowest BCUT2D eigenvalue weighted by Crippen LogP contribution is -2.18. The van der Waals surface area contributed by atoms with E-state index in [4.69, 9.17) is 14.2 Å². The zero-order chi connectivity index (χ0) is 18.2. The molecule has 2 atom stereocenters. The van der Waals surface area contributed by atoms with Crippen molar-refractivity contribution in [2.24, 2.45) is 11.8 Å². The average Bonchev–Trinajstić information content (AvgIpc) is 2.96. The molecule has 1 heterocycles. The lowest BCUT2D eigenvalue weighted by atomic mass is 9.99. The van der Waals surface area contributed by atoms with E-state index >= 15 is 0 Å². The van der Waals surface area contributed by atoms with Crippen LogP contribution >= 0.6 is 0 Å². The highest BCUT2D eigenvalue weighted by molar-refractivity contribution is 5.89. The van der Waals surface area contributed by atoms with Crippen molar-refractivity contribution < 1.29 is 23.8 Å². The molecule has 1 aliphatic heterocycles. The Hall–Kier alpha value is -2.04. The van der Waals surface area contributed by atoms with Crippen LogP contribution in [0.5, 0.6) is 5.75 Å². The zero-order valence-corrected chi connectivity index (χ0v) is 15.3. The molecule has 5 heteroatoms. The quantitative estimate of drug-likeness (QED) is 0.631. The molecule has 0 N–H and O–H groups in total. The third-order valence-corrected chi connectivity index (χ3v) is 4.14. The van der Waals surface area contributed by atoms with Crippen LogP contribution in [-0.4, -0.2) is 31.3 Å². The standard InChI is InChI=1S/C20H28O5/c1-4-5-6-16-11-18(25-20(16)22)13-24-19(21)15-7-9-17(10-8-15)23-12-14(2)3/h7-10,14,16,18H,4-6,11-13H2,1-3H3. The monoisotopic (exact) mass is 348 g/mol. The van der Waals surface area contributed by atoms with Gasteiger partial charge >= 0.3 is 11.9 Å². The molecule has 2 unspecified atom stereocenters. The van der Waals surface area contributed by atoms with E-state index in [0.717, 1.165) is 25.0 Å². The molecular formula is C20H28O5. The average molecular weight is 348 g/mol. The van der Waals surface area contributed by atoms with Gasteiger partial charge in [-0.3, -0.25) is 4.79 Å². The van der Waals surface area contributed by atoms with Crippen molar-refractivity contribution in [3.8, 4) is 5.75 Å². The van der Waals surface area contributed by atoms with Crippen LogP contribution in [0, 0.1) is 11.8 Å². The predicted molar refractivity (Wildman–Crippen MR) is 94.6 cm³/mol. The molecule has 0 bridgehead atoms. The Balaban J connectivity index is 1.77. The van der Waals surface area contributed by atoms with Crippen molar-refractivity contribution in [3.63, 3.8) is 0 Å². The predicted octanol–water partition coefficient (Wildman–Crippen LogP) is 4.00. The van der Waals surface area contributed by atoms with Crippen LogP contribution < -0.4 is 4.74 Å². The number of esters is 2. The minimum atomic E-state index is -0.413. The molecule has 0 spiro atoms. The fourth-order valence-corrected chi connectivity index (χ4v) is 2.71. The first-order chi connectivity index (χ1) is 12.0. The minimum Gasteiger partial charge on any atom is -0.493 e. The summed E-state index contributed by atoms with van der Waals surface area (Å²) in [5.41, 5.74) is 0.462. The van der Waals surface area contributed by atoms with Crippen molar-refractivity contribution in [2.45, 2.75) is 52.6 Å². The first-order valence-electron chi connectivity index (χ1n) is 9.10. The van der Waals surface area contributed by atoms with Crippen LogP contribution in [-0.2, 0) is 14.3 Å². The van der Waals surface area contributed by atoms with Gasteiger partial charge < -0.3 is 14.2 Å². The van der Waals surface area contributed by atoms with E-state index in [9.17, 15) is 9.59 Å². The molecule has 0 amide bonds. The lowest BCUT2D eigenvalue weighted by Gasteiger charge is -2.11. The maximum atomic E-state index is 12.1. The zero-order valence-electron chi connectivity index (χ0n) is 15.3. The number of carbonyl (C=O) groups is 2. The van der Waals surface area contributed by atoms with E-state index < -0.39 is 5.97 Å². The van der Waals surface area contributed by atoms with Crippen LogP contribution in [0.4, 0.5) is 0 Å². The Morgan fingerprint density at radius 3 is 2.64 bits per heavy atom. The van der Waals surface area contributed by atoms with Gasteiger partial charge in [-0.2, -0.15) is 0 Å². The van der Waals surface area contributed by atoms with Crippen LogP contribution in [0.25, 0.3) is 0 Å². The molecule has 2 rings (SSSR count). The summed E-state index contributed by atoms with van der Waals surface area (Å²) in [7, 11) is 0. The van der Waals surface area contributed by atoms with Gasteiger partial charge in [0.05, 0.1) is 18.1 Å². The van der Waals surface area contributed by atoms with Crippen molar-refractivity contribution in [3.05, 3.63) is 29.8 Å². The van der Waals surface area contributed by atoms with Crippen molar-refractivity contribution >= 4 is 11.9 Å². The maximum Gasteiger partial charge on any atom is 0.338 e. The third-order valence-electron chi connectivity index (χ3n) is 4.14. The molecule has 0 saturated carbocycles. The Labute approximate surface area is 149 Å². The summed E-state index contributed by atoms with van der Waals surface area (Å²) in [6.45, 7) is 7.00. The van der Waals surface area contributed by atoms with Gasteiger partial charge in [0.1, 0.15) is 18.5 Å². The smallest absolute Gasteiger partial charge is 0.338 e. The molecule has 1 aromatic carbocycles. The molecule has 0 radical (unpaired) electrons. The second-order valence-electron chi connectivity index (χ2n) is 6.96. The summed E-state index contributed by atoms with van der Waals surface area (Å²) in [4.78, 5) is 23.9. The second kappa shape index (κ2) is 9.44. The van der Waals surface area contributed by atoms with Gasteiger partial charge in [0, 0.05) is 6.42 Å². The summed E-state index contributed by atoms with van der Waals surface area (Å²) in [5, 5.41) is 0. The number of rotatable bonds is 9. The van der Waals surface area contributed by atoms with Crippen molar-refractivity contribution in [1.29, 1.82) is 0 Å². The van der Waals surface area contributed by atoms with E-state index in [0.29, 0.717) is 24.5 Å². The van der Waals surface area contributed by atoms with Gasteiger partial charge in [-0.1, -0.05) is 33.6 Å². The molecule has 1 aliphatic rings. The number of hydrogen-bond acceptors (Lipinski definition) is 5. The van der Waals surface area contributed by atoms with E-state index in [2.05, 4.69) is 20.8 Å². The van der Waals surface area contributed by atoms with E-state index in [1.807, 2.05) is 0 Å². The minimum absolute atomic E-state index is 0.0546. The molecule has 1 aromatic rings. The van der Waals surface area contributed by atoms with Gasteiger partial charge in [-0.25, -0.2) is 4.79 Å². The summed E-state index contributed by atoms with van der Waals surface area (Å²) >= 11 is 0. The fourth-order valence-electron chi connectivity index (χ4n) is 2.71. The Morgan fingerprint density at radius 1 is 1.28 bits per heavy atom. The number of unbranched alkanes of at least 4 members (excludes halogenated alkanes) is 1. The normalized spacial score (nSPS) is 19.8. The molecule has 25 heavy (non-hydrogen) atoms. The van der Waals surface area contributed by atoms with Gasteiger partial charge in [-0.05, 0) is 36.6 Å². The van der Waals surface area contributed by atoms with E-state index in [1.165, 1.54) is 0 Å². The molecule has 5 nitrogen and oxygen atoms in total. The van der Waals surface area contributed by atoms with Crippen molar-refractivity contribution in [2.75, 3.05) is 13.2 Å². The number of cyclic esters (lactones) is 1. The number of hydrogen-bond donors (Lipinski definition) is 0. The van der Waals surface area contributed by atoms with Gasteiger partial charge in [0.25, 0.3) is 0 Å². The summed E-state index contributed by atoms with van der Waals surface area (Å²) in [5.74, 6) is 0.541. The SMILES string of the molecule is CCCCC1CC(COC(=O)c2ccc(OCC(C)C)cc2)OC1=O. The summed E-state index contributed by atoms with van der Waals surface area (Å²) in [6.07, 6.45) is 3.22. The van der Waals surface area contributed by atoms with Gasteiger partial charge in [0.2, 0.25) is 0 Å². The first-order valence-corrected chi connectivity index (χ1v) is 9.10. The number of ether oxygens (including phenoxy) is 3. The largest absolute Gasteiger partial charge is 0.493 e. The highest BCUT2D eigenvalue weighted by Crippen LogP contribution is 2.26. The summed E-state index contributed by atoms with van der Waals surface area (Å²) in [6, 6.07) is 6.89. The second-order valence-corrected chi connectivity index (χ2v) is 6.96. The van der Waals surface area contributed by atoms with Crippen LogP contribution in [0.2, 0.25) is 0 Å². The van der Waals surface area contributed by atoms with Crippen LogP contribution in [0.1, 0.15) is 56.8 Å². The lowest BCUT2D eigenvalue weighted by molar-refractivity contribution is -0.145.